The Hall–Kier alpha value is -1.46. The maximum absolute atomic E-state index is 5.55. The Morgan fingerprint density at radius 2 is 2.05 bits per heavy atom. The van der Waals surface area contributed by atoms with E-state index in [9.17, 15) is 0 Å². The van der Waals surface area contributed by atoms with E-state index in [2.05, 4.69) is 51.8 Å². The minimum absolute atomic E-state index is 0.597. The fourth-order valence-corrected chi connectivity index (χ4v) is 2.90. The van der Waals surface area contributed by atoms with Crippen molar-refractivity contribution < 1.29 is 0 Å². The molecule has 1 heterocycles. The molecule has 2 aromatic rings. The number of aromatic nitrogens is 3. The lowest BCUT2D eigenvalue weighted by molar-refractivity contribution is 0.197. The van der Waals surface area contributed by atoms with Gasteiger partial charge in [0.25, 0.3) is 0 Å². The molecule has 1 aromatic carbocycles. The molecule has 112 valence electrons. The zero-order valence-electron chi connectivity index (χ0n) is 12.5. The molecule has 1 aliphatic carbocycles. The van der Waals surface area contributed by atoms with Crippen LogP contribution in [0.4, 0.5) is 0 Å². The summed E-state index contributed by atoms with van der Waals surface area (Å²) in [6, 6.07) is 11.2. The van der Waals surface area contributed by atoms with E-state index >= 15 is 0 Å². The van der Waals surface area contributed by atoms with Crippen molar-refractivity contribution in [1.29, 1.82) is 0 Å². The second-order valence-electron chi connectivity index (χ2n) is 5.73. The molecule has 3 rings (SSSR count). The summed E-state index contributed by atoms with van der Waals surface area (Å²) in [5.74, 6) is 0. The lowest BCUT2D eigenvalue weighted by Crippen LogP contribution is -2.27. The van der Waals surface area contributed by atoms with Crippen molar-refractivity contribution in [3.8, 4) is 0 Å². The van der Waals surface area contributed by atoms with Crippen LogP contribution >= 0.6 is 12.2 Å². The fourth-order valence-electron chi connectivity index (χ4n) is 2.60. The molecular formula is C16H22N4S. The minimum atomic E-state index is 0.597. The minimum Gasteiger partial charge on any atom is -0.303 e. The van der Waals surface area contributed by atoms with E-state index in [4.69, 9.17) is 12.2 Å². The Kier molecular flexibility index (Phi) is 4.51. The summed E-state index contributed by atoms with van der Waals surface area (Å²) in [5, 5.41) is 4.47. The molecule has 0 N–H and O–H groups in total. The maximum atomic E-state index is 5.55. The number of rotatable bonds is 7. The molecule has 21 heavy (non-hydrogen) atoms. The summed E-state index contributed by atoms with van der Waals surface area (Å²) in [6.07, 6.45) is 5.50. The van der Waals surface area contributed by atoms with Crippen LogP contribution in [0.2, 0.25) is 0 Å². The Labute approximate surface area is 131 Å². The van der Waals surface area contributed by atoms with Crippen LogP contribution in [0, 0.1) is 4.77 Å². The molecule has 5 heteroatoms. The molecule has 0 amide bonds. The van der Waals surface area contributed by atoms with E-state index in [0.717, 1.165) is 31.0 Å². The van der Waals surface area contributed by atoms with Crippen molar-refractivity contribution in [1.82, 2.24) is 19.2 Å². The molecule has 0 atom stereocenters. The zero-order valence-corrected chi connectivity index (χ0v) is 13.3. The second kappa shape index (κ2) is 6.54. The smallest absolute Gasteiger partial charge is 0.199 e. The normalized spacial score (nSPS) is 14.8. The zero-order chi connectivity index (χ0) is 14.7. The van der Waals surface area contributed by atoms with Gasteiger partial charge in [0.2, 0.25) is 0 Å². The summed E-state index contributed by atoms with van der Waals surface area (Å²) in [7, 11) is 0. The van der Waals surface area contributed by atoms with Gasteiger partial charge in [-0.05, 0) is 43.6 Å². The Morgan fingerprint density at radius 1 is 1.29 bits per heavy atom. The summed E-state index contributed by atoms with van der Waals surface area (Å²) < 4.78 is 4.94. The van der Waals surface area contributed by atoms with Gasteiger partial charge in [0.15, 0.2) is 4.77 Å². The highest BCUT2D eigenvalue weighted by Gasteiger charge is 2.25. The average Bonchev–Trinajstić information content (AvgIpc) is 3.27. The third kappa shape index (κ3) is 3.60. The predicted octanol–water partition coefficient (Wildman–Crippen LogP) is 3.62. The van der Waals surface area contributed by atoms with E-state index in [1.807, 2.05) is 11.0 Å². The van der Waals surface area contributed by atoms with Crippen molar-refractivity contribution >= 4 is 12.2 Å². The first kappa shape index (κ1) is 14.5. The summed E-state index contributed by atoms with van der Waals surface area (Å²) in [4.78, 5) is 2.40. The molecule has 0 spiro atoms. The van der Waals surface area contributed by atoms with Gasteiger partial charge in [-0.1, -0.05) is 37.3 Å². The molecule has 1 aliphatic rings. The largest absolute Gasteiger partial charge is 0.303 e. The van der Waals surface area contributed by atoms with Gasteiger partial charge in [0, 0.05) is 12.6 Å². The van der Waals surface area contributed by atoms with E-state index < -0.39 is 0 Å². The molecule has 0 bridgehead atoms. The molecule has 1 fully saturated rings. The topological polar surface area (TPSA) is 26.0 Å². The number of hydrogen-bond donors (Lipinski definition) is 0. The first-order valence-electron chi connectivity index (χ1n) is 7.68. The van der Waals surface area contributed by atoms with Gasteiger partial charge in [-0.25, -0.2) is 4.68 Å². The maximum Gasteiger partial charge on any atom is 0.199 e. The van der Waals surface area contributed by atoms with Gasteiger partial charge in [-0.3, -0.25) is 4.90 Å². The van der Waals surface area contributed by atoms with Crippen LogP contribution in [0.15, 0.2) is 36.7 Å². The van der Waals surface area contributed by atoms with Crippen LogP contribution in [0.5, 0.6) is 0 Å². The second-order valence-corrected chi connectivity index (χ2v) is 6.10. The van der Waals surface area contributed by atoms with Crippen LogP contribution in [0.1, 0.15) is 37.8 Å². The lowest BCUT2D eigenvalue weighted by atomic mass is 10.2. The highest BCUT2D eigenvalue weighted by molar-refractivity contribution is 7.71. The predicted molar refractivity (Wildman–Crippen MR) is 86.5 cm³/mol. The molecule has 1 saturated carbocycles. The van der Waals surface area contributed by atoms with Gasteiger partial charge in [0.05, 0.1) is 6.67 Å². The average molecular weight is 302 g/mol. The summed E-state index contributed by atoms with van der Waals surface area (Å²) in [5.41, 5.74) is 1.33. The Bertz CT molecular complexity index is 627. The van der Waals surface area contributed by atoms with Gasteiger partial charge >= 0.3 is 0 Å². The molecule has 0 radical (unpaired) electrons. The van der Waals surface area contributed by atoms with Gasteiger partial charge < -0.3 is 4.57 Å². The third-order valence-electron chi connectivity index (χ3n) is 3.82. The first-order chi connectivity index (χ1) is 10.3. The molecule has 0 saturated heterocycles. The molecule has 1 aromatic heterocycles. The Balaban J connectivity index is 1.71. The molecule has 0 aliphatic heterocycles. The standard InChI is InChI=1S/C16H22N4S/c1-2-10-18(11-14-6-4-3-5-7-14)13-20-16(21)19(12-17-20)15-8-9-15/h3-7,12,15H,2,8-11,13H2,1H3. The monoisotopic (exact) mass is 302 g/mol. The van der Waals surface area contributed by atoms with Crippen molar-refractivity contribution in [3.05, 3.63) is 47.0 Å². The number of nitrogens with zero attached hydrogens (tertiary/aromatic N) is 4. The van der Waals surface area contributed by atoms with E-state index in [-0.39, 0.29) is 0 Å². The highest BCUT2D eigenvalue weighted by Crippen LogP contribution is 2.34. The van der Waals surface area contributed by atoms with Gasteiger partial charge in [0.1, 0.15) is 6.33 Å². The van der Waals surface area contributed by atoms with Crippen LogP contribution in [-0.4, -0.2) is 25.8 Å². The molecule has 0 unspecified atom stereocenters. The van der Waals surface area contributed by atoms with Crippen molar-refractivity contribution in [2.45, 2.75) is 45.4 Å². The van der Waals surface area contributed by atoms with Crippen molar-refractivity contribution in [2.24, 2.45) is 0 Å². The molecular weight excluding hydrogens is 280 g/mol. The molecule has 4 nitrogen and oxygen atoms in total. The van der Waals surface area contributed by atoms with Crippen LogP contribution in [0.3, 0.4) is 0 Å². The quantitative estimate of drug-likeness (QED) is 0.731. The van der Waals surface area contributed by atoms with Crippen molar-refractivity contribution in [3.63, 3.8) is 0 Å². The van der Waals surface area contributed by atoms with E-state index in [0.29, 0.717) is 6.04 Å². The van der Waals surface area contributed by atoms with Crippen molar-refractivity contribution in [2.75, 3.05) is 6.54 Å². The highest BCUT2D eigenvalue weighted by atomic mass is 32.1. The lowest BCUT2D eigenvalue weighted by Gasteiger charge is -2.21. The Morgan fingerprint density at radius 3 is 2.71 bits per heavy atom. The van der Waals surface area contributed by atoms with Crippen LogP contribution in [0.25, 0.3) is 0 Å². The van der Waals surface area contributed by atoms with E-state index in [1.165, 1.54) is 18.4 Å². The number of benzene rings is 1. The number of hydrogen-bond acceptors (Lipinski definition) is 3. The SMILES string of the molecule is CCCN(Cc1ccccc1)Cn1ncn(C2CC2)c1=S. The third-order valence-corrected chi connectivity index (χ3v) is 4.24. The van der Waals surface area contributed by atoms with Gasteiger partial charge in [-0.2, -0.15) is 5.10 Å². The van der Waals surface area contributed by atoms with Crippen LogP contribution in [-0.2, 0) is 13.2 Å². The fraction of sp³-hybridized carbons (Fsp3) is 0.500. The summed E-state index contributed by atoms with van der Waals surface area (Å²) in [6.45, 7) is 4.96. The summed E-state index contributed by atoms with van der Waals surface area (Å²) >= 11 is 5.55. The van der Waals surface area contributed by atoms with E-state index in [1.54, 1.807) is 0 Å². The van der Waals surface area contributed by atoms with Crippen LogP contribution < -0.4 is 0 Å². The first-order valence-corrected chi connectivity index (χ1v) is 8.09. The van der Waals surface area contributed by atoms with Gasteiger partial charge in [-0.15, -0.1) is 0 Å².